The van der Waals surface area contributed by atoms with E-state index in [-0.39, 0.29) is 6.61 Å². The average molecular weight is 203 g/mol. The molecular weight excluding hydrogens is 186 g/mol. The molecule has 0 aromatic heterocycles. The quantitative estimate of drug-likeness (QED) is 0.494. The molecule has 1 saturated carbocycles. The van der Waals surface area contributed by atoms with Crippen LogP contribution in [0.4, 0.5) is 0 Å². The Bertz CT molecular complexity index is 205. The fraction of sp³-hybridized carbons (Fsp3) is 0.889. The lowest BCUT2D eigenvalue weighted by atomic mass is 9.97. The monoisotopic (exact) mass is 203 g/mol. The van der Waals surface area contributed by atoms with Crippen LogP contribution >= 0.6 is 0 Å². The lowest BCUT2D eigenvalue weighted by molar-refractivity contribution is -0.180. The molecule has 1 rings (SSSR count). The van der Waals surface area contributed by atoms with E-state index in [4.69, 9.17) is 15.5 Å². The predicted octanol–water partition coefficient (Wildman–Crippen LogP) is 0.235. The van der Waals surface area contributed by atoms with Crippen molar-refractivity contribution in [3.63, 3.8) is 0 Å². The number of nitrogens with two attached hydrogens (primary N) is 1. The van der Waals surface area contributed by atoms with Crippen LogP contribution in [0.2, 0.25) is 0 Å². The van der Waals surface area contributed by atoms with E-state index in [0.717, 1.165) is 12.8 Å². The zero-order chi connectivity index (χ0) is 10.6. The molecule has 0 aliphatic heterocycles. The van der Waals surface area contributed by atoms with Crippen LogP contribution in [0.3, 0.4) is 0 Å². The zero-order valence-electron chi connectivity index (χ0n) is 8.62. The van der Waals surface area contributed by atoms with Crippen LogP contribution < -0.4 is 5.90 Å². The van der Waals surface area contributed by atoms with Gasteiger partial charge in [-0.2, -0.15) is 0 Å². The number of rotatable bonds is 6. The standard InChI is InChI=1S/C9H17NO4/c1-12-6-9(14-10,8(11)13-2)5-7-3-4-7/h7H,3-6,10H2,1-2H3/t9-/m1/s1. The van der Waals surface area contributed by atoms with Gasteiger partial charge in [-0.1, -0.05) is 12.8 Å². The van der Waals surface area contributed by atoms with Gasteiger partial charge in [0.05, 0.1) is 13.7 Å². The number of carbonyl (C=O) groups excluding carboxylic acids is 1. The van der Waals surface area contributed by atoms with Crippen molar-refractivity contribution >= 4 is 5.97 Å². The van der Waals surface area contributed by atoms with Gasteiger partial charge in [-0.25, -0.2) is 10.7 Å². The first-order valence-corrected chi connectivity index (χ1v) is 4.64. The highest BCUT2D eigenvalue weighted by Gasteiger charge is 2.45. The third-order valence-electron chi connectivity index (χ3n) is 2.48. The number of carbonyl (C=O) groups is 1. The minimum absolute atomic E-state index is 0.132. The molecule has 0 saturated heterocycles. The summed E-state index contributed by atoms with van der Waals surface area (Å²) in [5.74, 6) is 5.21. The van der Waals surface area contributed by atoms with Gasteiger partial charge in [-0.15, -0.1) is 0 Å². The average Bonchev–Trinajstić information content (AvgIpc) is 2.99. The molecule has 0 aromatic carbocycles. The van der Waals surface area contributed by atoms with Crippen LogP contribution in [0.15, 0.2) is 0 Å². The Morgan fingerprint density at radius 1 is 1.50 bits per heavy atom. The van der Waals surface area contributed by atoms with Crippen molar-refractivity contribution in [3.8, 4) is 0 Å². The van der Waals surface area contributed by atoms with E-state index in [2.05, 4.69) is 4.74 Å². The summed E-state index contributed by atoms with van der Waals surface area (Å²) in [5, 5.41) is 0. The largest absolute Gasteiger partial charge is 0.467 e. The molecule has 0 unspecified atom stereocenters. The van der Waals surface area contributed by atoms with E-state index in [1.165, 1.54) is 14.2 Å². The smallest absolute Gasteiger partial charge is 0.342 e. The molecule has 1 aliphatic carbocycles. The van der Waals surface area contributed by atoms with Crippen LogP contribution in [0, 0.1) is 5.92 Å². The highest BCUT2D eigenvalue weighted by molar-refractivity contribution is 5.79. The minimum atomic E-state index is -1.12. The Morgan fingerprint density at radius 3 is 2.50 bits per heavy atom. The molecule has 5 heteroatoms. The van der Waals surface area contributed by atoms with Crippen molar-refractivity contribution in [3.05, 3.63) is 0 Å². The molecule has 1 fully saturated rings. The van der Waals surface area contributed by atoms with Crippen LogP contribution in [-0.4, -0.2) is 32.4 Å². The van der Waals surface area contributed by atoms with E-state index < -0.39 is 11.6 Å². The number of ether oxygens (including phenoxy) is 2. The van der Waals surface area contributed by atoms with Crippen LogP contribution in [-0.2, 0) is 19.1 Å². The summed E-state index contributed by atoms with van der Waals surface area (Å²) in [5.41, 5.74) is -1.12. The Hall–Kier alpha value is -0.650. The fourth-order valence-electron chi connectivity index (χ4n) is 1.54. The topological polar surface area (TPSA) is 70.8 Å². The first-order valence-electron chi connectivity index (χ1n) is 4.64. The fourth-order valence-corrected chi connectivity index (χ4v) is 1.54. The second-order valence-electron chi connectivity index (χ2n) is 3.68. The number of methoxy groups -OCH3 is 2. The van der Waals surface area contributed by atoms with E-state index in [0.29, 0.717) is 12.3 Å². The molecule has 1 aliphatic rings. The second-order valence-corrected chi connectivity index (χ2v) is 3.68. The van der Waals surface area contributed by atoms with E-state index >= 15 is 0 Å². The Kier molecular flexibility index (Phi) is 3.86. The number of esters is 1. The zero-order valence-corrected chi connectivity index (χ0v) is 8.62. The second kappa shape index (κ2) is 4.72. The summed E-state index contributed by atoms with van der Waals surface area (Å²) >= 11 is 0. The van der Waals surface area contributed by atoms with Crippen molar-refractivity contribution < 1.29 is 19.1 Å². The van der Waals surface area contributed by atoms with Gasteiger partial charge in [0.2, 0.25) is 5.60 Å². The van der Waals surface area contributed by atoms with Crippen molar-refractivity contribution in [2.24, 2.45) is 11.8 Å². The molecular formula is C9H17NO4. The molecule has 5 nitrogen and oxygen atoms in total. The molecule has 82 valence electrons. The van der Waals surface area contributed by atoms with E-state index in [1.54, 1.807) is 0 Å². The molecule has 0 amide bonds. The summed E-state index contributed by atoms with van der Waals surface area (Å²) < 4.78 is 9.61. The maximum atomic E-state index is 11.5. The van der Waals surface area contributed by atoms with Crippen LogP contribution in [0.25, 0.3) is 0 Å². The maximum Gasteiger partial charge on any atom is 0.342 e. The lowest BCUT2D eigenvalue weighted by Gasteiger charge is -2.27. The molecule has 0 aromatic rings. The highest BCUT2D eigenvalue weighted by Crippen LogP contribution is 2.38. The molecule has 14 heavy (non-hydrogen) atoms. The molecule has 1 atom stereocenters. The van der Waals surface area contributed by atoms with Gasteiger partial charge < -0.3 is 9.47 Å². The van der Waals surface area contributed by atoms with Crippen molar-refractivity contribution in [1.29, 1.82) is 0 Å². The molecule has 0 spiro atoms. The third-order valence-corrected chi connectivity index (χ3v) is 2.48. The van der Waals surface area contributed by atoms with Crippen LogP contribution in [0.1, 0.15) is 19.3 Å². The van der Waals surface area contributed by atoms with Gasteiger partial charge in [0.15, 0.2) is 0 Å². The van der Waals surface area contributed by atoms with Crippen molar-refractivity contribution in [2.75, 3.05) is 20.8 Å². The van der Waals surface area contributed by atoms with Gasteiger partial charge in [0.1, 0.15) is 0 Å². The summed E-state index contributed by atoms with van der Waals surface area (Å²) in [4.78, 5) is 16.3. The van der Waals surface area contributed by atoms with E-state index in [1.807, 2.05) is 0 Å². The highest BCUT2D eigenvalue weighted by atomic mass is 16.7. The first kappa shape index (κ1) is 11.4. The van der Waals surface area contributed by atoms with Crippen LogP contribution in [0.5, 0.6) is 0 Å². The summed E-state index contributed by atoms with van der Waals surface area (Å²) in [6.45, 7) is 0.132. The van der Waals surface area contributed by atoms with E-state index in [9.17, 15) is 4.79 Å². The van der Waals surface area contributed by atoms with Crippen molar-refractivity contribution in [2.45, 2.75) is 24.9 Å². The SMILES string of the molecule is COC[C@@](CC1CC1)(ON)C(=O)OC. The van der Waals surface area contributed by atoms with Gasteiger partial charge in [0.25, 0.3) is 0 Å². The lowest BCUT2D eigenvalue weighted by Crippen LogP contribution is -2.49. The number of hydrogen-bond donors (Lipinski definition) is 1. The summed E-state index contributed by atoms with van der Waals surface area (Å²) in [6, 6.07) is 0. The molecule has 2 N–H and O–H groups in total. The van der Waals surface area contributed by atoms with Gasteiger partial charge in [-0.05, 0) is 12.3 Å². The molecule has 0 radical (unpaired) electrons. The summed E-state index contributed by atoms with van der Waals surface area (Å²) in [7, 11) is 2.82. The Labute approximate surface area is 83.4 Å². The van der Waals surface area contributed by atoms with Gasteiger partial charge >= 0.3 is 5.97 Å². The summed E-state index contributed by atoms with van der Waals surface area (Å²) in [6.07, 6.45) is 2.81. The Balaban J connectivity index is 2.66. The Morgan fingerprint density at radius 2 is 2.14 bits per heavy atom. The van der Waals surface area contributed by atoms with Gasteiger partial charge in [-0.3, -0.25) is 4.84 Å². The third kappa shape index (κ3) is 2.43. The molecule has 0 bridgehead atoms. The van der Waals surface area contributed by atoms with Crippen molar-refractivity contribution in [1.82, 2.24) is 0 Å². The maximum absolute atomic E-state index is 11.5. The molecule has 0 heterocycles. The normalized spacial score (nSPS) is 20.2. The minimum Gasteiger partial charge on any atom is -0.467 e. The predicted molar refractivity (Wildman–Crippen MR) is 49.2 cm³/mol. The van der Waals surface area contributed by atoms with Gasteiger partial charge in [0, 0.05) is 7.11 Å². The number of hydrogen-bond acceptors (Lipinski definition) is 5. The first-order chi connectivity index (χ1) is 6.68.